The van der Waals surface area contributed by atoms with Gasteiger partial charge >= 0.3 is 0 Å². The van der Waals surface area contributed by atoms with Crippen LogP contribution in [0.2, 0.25) is 0 Å². The molecule has 1 aromatic carbocycles. The molecule has 0 heterocycles. The molecule has 3 N–H and O–H groups in total. The number of benzene rings is 1. The van der Waals surface area contributed by atoms with E-state index in [0.717, 1.165) is 6.42 Å². The highest BCUT2D eigenvalue weighted by molar-refractivity contribution is 5.76. The molecule has 1 aromatic rings. The Labute approximate surface area is 103 Å². The van der Waals surface area contributed by atoms with Gasteiger partial charge in [0.2, 0.25) is 5.91 Å². The summed E-state index contributed by atoms with van der Waals surface area (Å²) in [5, 5.41) is 2.89. The van der Waals surface area contributed by atoms with Gasteiger partial charge in [0.05, 0.1) is 0 Å². The van der Waals surface area contributed by atoms with Gasteiger partial charge in [-0.2, -0.15) is 0 Å². The van der Waals surface area contributed by atoms with Crippen molar-refractivity contribution in [3.05, 3.63) is 34.9 Å². The van der Waals surface area contributed by atoms with Crippen LogP contribution < -0.4 is 11.1 Å². The fraction of sp³-hybridized carbons (Fsp3) is 0.500. The molecule has 0 saturated carbocycles. The Morgan fingerprint density at radius 2 is 2.12 bits per heavy atom. The zero-order valence-corrected chi connectivity index (χ0v) is 10.9. The van der Waals surface area contributed by atoms with Crippen LogP contribution in [0, 0.1) is 13.8 Å². The molecule has 0 spiro atoms. The molecule has 3 nitrogen and oxygen atoms in total. The van der Waals surface area contributed by atoms with Crippen LogP contribution >= 0.6 is 0 Å². The van der Waals surface area contributed by atoms with Crippen molar-refractivity contribution in [2.45, 2.75) is 39.7 Å². The fourth-order valence-electron chi connectivity index (χ4n) is 1.77. The van der Waals surface area contributed by atoms with Crippen LogP contribution in [0.4, 0.5) is 0 Å². The SMILES string of the molecule is Cc1ccc(C)c(CCNC(=O)CC(C)N)c1. The number of hydrogen-bond acceptors (Lipinski definition) is 2. The first kappa shape index (κ1) is 13.7. The Bertz CT molecular complexity index is 386. The summed E-state index contributed by atoms with van der Waals surface area (Å²) in [7, 11) is 0. The number of aryl methyl sites for hydroxylation is 2. The van der Waals surface area contributed by atoms with Crippen molar-refractivity contribution >= 4 is 5.91 Å². The lowest BCUT2D eigenvalue weighted by atomic mass is 10.0. The number of nitrogens with one attached hydrogen (secondary N) is 1. The van der Waals surface area contributed by atoms with Crippen LogP contribution in [0.5, 0.6) is 0 Å². The third-order valence-electron chi connectivity index (χ3n) is 2.73. The molecule has 0 aliphatic rings. The molecule has 17 heavy (non-hydrogen) atoms. The number of carbonyl (C=O) groups excluding carboxylic acids is 1. The minimum absolute atomic E-state index is 0.0327. The summed E-state index contributed by atoms with van der Waals surface area (Å²) >= 11 is 0. The fourth-order valence-corrected chi connectivity index (χ4v) is 1.77. The van der Waals surface area contributed by atoms with Gasteiger partial charge in [0.25, 0.3) is 0 Å². The van der Waals surface area contributed by atoms with E-state index >= 15 is 0 Å². The molecule has 0 fully saturated rings. The highest BCUT2D eigenvalue weighted by atomic mass is 16.1. The summed E-state index contributed by atoms with van der Waals surface area (Å²) in [6.45, 7) is 6.69. The molecule has 1 atom stereocenters. The van der Waals surface area contributed by atoms with Gasteiger partial charge in [-0.3, -0.25) is 4.79 Å². The van der Waals surface area contributed by atoms with Crippen molar-refractivity contribution < 1.29 is 4.79 Å². The van der Waals surface area contributed by atoms with Crippen LogP contribution in [0.25, 0.3) is 0 Å². The van der Waals surface area contributed by atoms with Crippen LogP contribution in [-0.2, 0) is 11.2 Å². The van der Waals surface area contributed by atoms with Crippen molar-refractivity contribution in [1.29, 1.82) is 0 Å². The number of amides is 1. The Hall–Kier alpha value is -1.35. The lowest BCUT2D eigenvalue weighted by Crippen LogP contribution is -2.31. The van der Waals surface area contributed by atoms with Gasteiger partial charge < -0.3 is 11.1 Å². The molecule has 0 saturated heterocycles. The van der Waals surface area contributed by atoms with Gasteiger partial charge in [0.1, 0.15) is 0 Å². The highest BCUT2D eigenvalue weighted by Gasteiger charge is 2.04. The average Bonchev–Trinajstić information content (AvgIpc) is 2.22. The average molecular weight is 234 g/mol. The van der Waals surface area contributed by atoms with Crippen molar-refractivity contribution in [1.82, 2.24) is 5.32 Å². The van der Waals surface area contributed by atoms with Crippen LogP contribution in [-0.4, -0.2) is 18.5 Å². The number of nitrogens with two attached hydrogens (primary N) is 1. The van der Waals surface area contributed by atoms with Crippen LogP contribution in [0.1, 0.15) is 30.0 Å². The highest BCUT2D eigenvalue weighted by Crippen LogP contribution is 2.10. The number of carbonyl (C=O) groups is 1. The first-order valence-corrected chi connectivity index (χ1v) is 6.07. The summed E-state index contributed by atoms with van der Waals surface area (Å²) in [4.78, 5) is 11.4. The Morgan fingerprint density at radius 3 is 2.76 bits per heavy atom. The van der Waals surface area contributed by atoms with E-state index in [0.29, 0.717) is 13.0 Å². The Kier molecular flexibility index (Phi) is 5.16. The monoisotopic (exact) mass is 234 g/mol. The van der Waals surface area contributed by atoms with Gasteiger partial charge in [-0.05, 0) is 38.3 Å². The summed E-state index contributed by atoms with van der Waals surface area (Å²) in [5.74, 6) is 0.0327. The molecule has 0 aromatic heterocycles. The van der Waals surface area contributed by atoms with Gasteiger partial charge in [-0.15, -0.1) is 0 Å². The van der Waals surface area contributed by atoms with Gasteiger partial charge in [0, 0.05) is 19.0 Å². The Balaban J connectivity index is 2.40. The molecule has 1 unspecified atom stereocenters. The van der Waals surface area contributed by atoms with E-state index in [1.54, 1.807) is 0 Å². The number of hydrogen-bond donors (Lipinski definition) is 2. The molecule has 1 rings (SSSR count). The predicted octanol–water partition coefficient (Wildman–Crippen LogP) is 1.70. The van der Waals surface area contributed by atoms with Crippen LogP contribution in [0.3, 0.4) is 0 Å². The molecule has 0 radical (unpaired) electrons. The smallest absolute Gasteiger partial charge is 0.221 e. The quantitative estimate of drug-likeness (QED) is 0.814. The Morgan fingerprint density at radius 1 is 1.41 bits per heavy atom. The normalized spacial score (nSPS) is 12.2. The summed E-state index contributed by atoms with van der Waals surface area (Å²) in [6, 6.07) is 6.32. The minimum Gasteiger partial charge on any atom is -0.356 e. The molecule has 0 bridgehead atoms. The molecular weight excluding hydrogens is 212 g/mol. The van der Waals surface area contributed by atoms with Crippen molar-refractivity contribution in [2.75, 3.05) is 6.54 Å². The zero-order valence-electron chi connectivity index (χ0n) is 10.9. The maximum Gasteiger partial charge on any atom is 0.221 e. The lowest BCUT2D eigenvalue weighted by molar-refractivity contribution is -0.121. The van der Waals surface area contributed by atoms with E-state index in [1.807, 2.05) is 6.92 Å². The molecule has 1 amide bonds. The van der Waals surface area contributed by atoms with Crippen molar-refractivity contribution in [3.63, 3.8) is 0 Å². The van der Waals surface area contributed by atoms with E-state index < -0.39 is 0 Å². The van der Waals surface area contributed by atoms with Gasteiger partial charge in [0.15, 0.2) is 0 Å². The second-order valence-electron chi connectivity index (χ2n) is 4.71. The van der Waals surface area contributed by atoms with Crippen LogP contribution in [0.15, 0.2) is 18.2 Å². The third-order valence-corrected chi connectivity index (χ3v) is 2.73. The van der Waals surface area contributed by atoms with E-state index in [1.165, 1.54) is 16.7 Å². The van der Waals surface area contributed by atoms with Crippen molar-refractivity contribution in [2.24, 2.45) is 5.73 Å². The zero-order chi connectivity index (χ0) is 12.8. The lowest BCUT2D eigenvalue weighted by Gasteiger charge is -2.09. The van der Waals surface area contributed by atoms with E-state index in [-0.39, 0.29) is 11.9 Å². The van der Waals surface area contributed by atoms with Crippen molar-refractivity contribution in [3.8, 4) is 0 Å². The maximum absolute atomic E-state index is 11.4. The van der Waals surface area contributed by atoms with Gasteiger partial charge in [-0.1, -0.05) is 23.8 Å². The molecule has 0 aliphatic heterocycles. The molecular formula is C14H22N2O. The predicted molar refractivity (Wildman–Crippen MR) is 70.9 cm³/mol. The largest absolute Gasteiger partial charge is 0.356 e. The van der Waals surface area contributed by atoms with E-state index in [9.17, 15) is 4.79 Å². The third kappa shape index (κ3) is 5.00. The molecule has 3 heteroatoms. The second kappa shape index (κ2) is 6.40. The summed E-state index contributed by atoms with van der Waals surface area (Å²) in [6.07, 6.45) is 1.27. The second-order valence-corrected chi connectivity index (χ2v) is 4.71. The summed E-state index contributed by atoms with van der Waals surface area (Å²) < 4.78 is 0. The first-order valence-electron chi connectivity index (χ1n) is 6.07. The minimum atomic E-state index is -0.0734. The molecule has 0 aliphatic carbocycles. The first-order chi connectivity index (χ1) is 7.99. The number of rotatable bonds is 5. The standard InChI is InChI=1S/C14H22N2O/c1-10-4-5-11(2)13(8-10)6-7-16-14(17)9-12(3)15/h4-5,8,12H,6-7,9,15H2,1-3H3,(H,16,17). The van der Waals surface area contributed by atoms with Gasteiger partial charge in [-0.25, -0.2) is 0 Å². The van der Waals surface area contributed by atoms with E-state index in [4.69, 9.17) is 5.73 Å². The maximum atomic E-state index is 11.4. The molecule has 94 valence electrons. The summed E-state index contributed by atoms with van der Waals surface area (Å²) in [5.41, 5.74) is 9.39. The topological polar surface area (TPSA) is 55.1 Å². The van der Waals surface area contributed by atoms with E-state index in [2.05, 4.69) is 37.4 Å².